The second-order valence-electron chi connectivity index (χ2n) is 4.44. The van der Waals surface area contributed by atoms with Crippen LogP contribution in [0.5, 0.6) is 5.75 Å². The zero-order chi connectivity index (χ0) is 13.0. The number of carbonyl (C=O) groups excluding carboxylic acids is 1. The minimum atomic E-state index is -0.300. The molecule has 0 fully saturated rings. The van der Waals surface area contributed by atoms with Crippen molar-refractivity contribution in [2.45, 2.75) is 19.8 Å². The monoisotopic (exact) mass is 240 g/mol. The molecule has 0 amide bonds. The van der Waals surface area contributed by atoms with Crippen molar-refractivity contribution in [2.75, 3.05) is 0 Å². The Kier molecular flexibility index (Phi) is 3.78. The molecule has 0 atom stereocenters. The van der Waals surface area contributed by atoms with E-state index in [1.165, 1.54) is 0 Å². The zero-order valence-electron chi connectivity index (χ0n) is 10.6. The van der Waals surface area contributed by atoms with Gasteiger partial charge in [-0.05, 0) is 29.7 Å². The first-order valence-electron chi connectivity index (χ1n) is 6.04. The molecular formula is C16H16O2. The number of esters is 1. The minimum Gasteiger partial charge on any atom is -0.423 e. The minimum absolute atomic E-state index is 0.296. The highest BCUT2D eigenvalue weighted by Crippen LogP contribution is 2.21. The van der Waals surface area contributed by atoms with E-state index in [2.05, 4.69) is 13.8 Å². The van der Waals surface area contributed by atoms with E-state index in [0.717, 1.165) is 5.56 Å². The Morgan fingerprint density at radius 3 is 2.22 bits per heavy atom. The molecule has 0 bridgehead atoms. The molecular weight excluding hydrogens is 224 g/mol. The van der Waals surface area contributed by atoms with Gasteiger partial charge in [-0.2, -0.15) is 0 Å². The number of benzene rings is 2. The molecule has 0 saturated carbocycles. The molecule has 0 spiro atoms. The summed E-state index contributed by atoms with van der Waals surface area (Å²) in [6.07, 6.45) is 0. The van der Waals surface area contributed by atoms with Crippen LogP contribution in [0, 0.1) is 0 Å². The van der Waals surface area contributed by atoms with E-state index >= 15 is 0 Å². The van der Waals surface area contributed by atoms with E-state index in [1.54, 1.807) is 18.2 Å². The van der Waals surface area contributed by atoms with Crippen molar-refractivity contribution in [1.29, 1.82) is 0 Å². The molecule has 0 aliphatic heterocycles. The fourth-order valence-electron chi connectivity index (χ4n) is 1.84. The van der Waals surface area contributed by atoms with Gasteiger partial charge in [0.25, 0.3) is 0 Å². The molecule has 0 aromatic heterocycles. The summed E-state index contributed by atoms with van der Waals surface area (Å²) in [5.74, 6) is 0.566. The Balaban J connectivity index is 2.24. The fourth-order valence-corrected chi connectivity index (χ4v) is 1.84. The van der Waals surface area contributed by atoms with Gasteiger partial charge in [0, 0.05) is 0 Å². The summed E-state index contributed by atoms with van der Waals surface area (Å²) < 4.78 is 5.35. The quantitative estimate of drug-likeness (QED) is 0.598. The Labute approximate surface area is 107 Å². The predicted molar refractivity (Wildman–Crippen MR) is 71.9 cm³/mol. The summed E-state index contributed by atoms with van der Waals surface area (Å²) in [6, 6.07) is 16.7. The fraction of sp³-hybridized carbons (Fsp3) is 0.188. The smallest absolute Gasteiger partial charge is 0.343 e. The van der Waals surface area contributed by atoms with E-state index in [4.69, 9.17) is 4.74 Å². The third-order valence-corrected chi connectivity index (χ3v) is 2.76. The molecule has 0 saturated heterocycles. The molecule has 2 aromatic rings. The highest BCUT2D eigenvalue weighted by molar-refractivity contribution is 5.92. The van der Waals surface area contributed by atoms with Crippen molar-refractivity contribution in [2.24, 2.45) is 0 Å². The molecule has 2 rings (SSSR count). The second-order valence-corrected chi connectivity index (χ2v) is 4.44. The Morgan fingerprint density at radius 2 is 1.56 bits per heavy atom. The number of hydrogen-bond acceptors (Lipinski definition) is 2. The van der Waals surface area contributed by atoms with Crippen LogP contribution in [0.25, 0.3) is 0 Å². The lowest BCUT2D eigenvalue weighted by Gasteiger charge is -2.11. The number of carbonyl (C=O) groups is 1. The number of rotatable bonds is 3. The summed E-state index contributed by atoms with van der Waals surface area (Å²) in [5.41, 5.74) is 1.65. The lowest BCUT2D eigenvalue weighted by atomic mass is 9.97. The van der Waals surface area contributed by atoms with Crippen LogP contribution >= 0.6 is 0 Å². The van der Waals surface area contributed by atoms with Crippen molar-refractivity contribution in [3.63, 3.8) is 0 Å². The van der Waals surface area contributed by atoms with Crippen LogP contribution in [0.1, 0.15) is 35.7 Å². The largest absolute Gasteiger partial charge is 0.423 e. The molecule has 0 radical (unpaired) electrons. The summed E-state index contributed by atoms with van der Waals surface area (Å²) in [5, 5.41) is 0. The molecule has 0 aliphatic carbocycles. The van der Waals surface area contributed by atoms with Crippen molar-refractivity contribution in [1.82, 2.24) is 0 Å². The molecule has 0 heterocycles. The van der Waals surface area contributed by atoms with Crippen LogP contribution in [0.3, 0.4) is 0 Å². The van der Waals surface area contributed by atoms with E-state index in [0.29, 0.717) is 17.2 Å². The highest BCUT2D eigenvalue weighted by Gasteiger charge is 2.14. The lowest BCUT2D eigenvalue weighted by Crippen LogP contribution is -2.11. The van der Waals surface area contributed by atoms with Gasteiger partial charge in [0.1, 0.15) is 5.75 Å². The SMILES string of the molecule is CC(C)c1ccccc1C(=O)Oc1ccccc1. The maximum absolute atomic E-state index is 12.1. The molecule has 2 heteroatoms. The first-order valence-corrected chi connectivity index (χ1v) is 6.04. The van der Waals surface area contributed by atoms with Crippen LogP contribution in [-0.4, -0.2) is 5.97 Å². The Hall–Kier alpha value is -2.09. The molecule has 92 valence electrons. The third kappa shape index (κ3) is 2.77. The summed E-state index contributed by atoms with van der Waals surface area (Å²) in [6.45, 7) is 4.13. The van der Waals surface area contributed by atoms with Gasteiger partial charge in [-0.3, -0.25) is 0 Å². The first kappa shape index (κ1) is 12.4. The summed E-state index contributed by atoms with van der Waals surface area (Å²) in [4.78, 5) is 12.1. The number of hydrogen-bond donors (Lipinski definition) is 0. The van der Waals surface area contributed by atoms with Gasteiger partial charge in [0.2, 0.25) is 0 Å². The van der Waals surface area contributed by atoms with Crippen LogP contribution in [0.2, 0.25) is 0 Å². The molecule has 0 aliphatic rings. The Morgan fingerprint density at radius 1 is 0.944 bits per heavy atom. The van der Waals surface area contributed by atoms with Crippen LogP contribution in [-0.2, 0) is 0 Å². The van der Waals surface area contributed by atoms with Gasteiger partial charge >= 0.3 is 5.97 Å². The average Bonchev–Trinajstić information content (AvgIpc) is 2.40. The van der Waals surface area contributed by atoms with E-state index < -0.39 is 0 Å². The van der Waals surface area contributed by atoms with Gasteiger partial charge in [0.05, 0.1) is 5.56 Å². The van der Waals surface area contributed by atoms with Gasteiger partial charge < -0.3 is 4.74 Å². The van der Waals surface area contributed by atoms with E-state index in [9.17, 15) is 4.79 Å². The standard InChI is InChI=1S/C16H16O2/c1-12(2)14-10-6-7-11-15(14)16(17)18-13-8-4-3-5-9-13/h3-12H,1-2H3. The van der Waals surface area contributed by atoms with Crippen molar-refractivity contribution < 1.29 is 9.53 Å². The Bertz CT molecular complexity index is 530. The second kappa shape index (κ2) is 5.50. The normalized spacial score (nSPS) is 10.4. The predicted octanol–water partition coefficient (Wildman–Crippen LogP) is 4.03. The van der Waals surface area contributed by atoms with Crippen LogP contribution in [0.4, 0.5) is 0 Å². The van der Waals surface area contributed by atoms with Gasteiger partial charge in [-0.25, -0.2) is 4.79 Å². The van der Waals surface area contributed by atoms with Crippen LogP contribution < -0.4 is 4.74 Å². The van der Waals surface area contributed by atoms with Crippen molar-refractivity contribution in [3.8, 4) is 5.75 Å². The first-order chi connectivity index (χ1) is 8.68. The van der Waals surface area contributed by atoms with E-state index in [-0.39, 0.29) is 5.97 Å². The topological polar surface area (TPSA) is 26.3 Å². The maximum atomic E-state index is 12.1. The van der Waals surface area contributed by atoms with Gasteiger partial charge in [0.15, 0.2) is 0 Å². The molecule has 2 aromatic carbocycles. The highest BCUT2D eigenvalue weighted by atomic mass is 16.5. The lowest BCUT2D eigenvalue weighted by molar-refractivity contribution is 0.0733. The van der Waals surface area contributed by atoms with Crippen molar-refractivity contribution >= 4 is 5.97 Å². The van der Waals surface area contributed by atoms with Gasteiger partial charge in [-0.1, -0.05) is 50.2 Å². The third-order valence-electron chi connectivity index (χ3n) is 2.76. The summed E-state index contributed by atoms with van der Waals surface area (Å²) >= 11 is 0. The molecule has 0 N–H and O–H groups in total. The molecule has 18 heavy (non-hydrogen) atoms. The maximum Gasteiger partial charge on any atom is 0.343 e. The van der Waals surface area contributed by atoms with Crippen molar-refractivity contribution in [3.05, 3.63) is 65.7 Å². The molecule has 0 unspecified atom stereocenters. The summed E-state index contributed by atoms with van der Waals surface area (Å²) in [7, 11) is 0. The average molecular weight is 240 g/mol. The molecule has 2 nitrogen and oxygen atoms in total. The van der Waals surface area contributed by atoms with Crippen LogP contribution in [0.15, 0.2) is 54.6 Å². The van der Waals surface area contributed by atoms with E-state index in [1.807, 2.05) is 36.4 Å². The van der Waals surface area contributed by atoms with Gasteiger partial charge in [-0.15, -0.1) is 0 Å². The number of ether oxygens (including phenoxy) is 1. The zero-order valence-corrected chi connectivity index (χ0v) is 10.6. The number of para-hydroxylation sites is 1.